The molecule has 0 spiro atoms. The Kier molecular flexibility index (Phi) is 8.84. The van der Waals surface area contributed by atoms with Gasteiger partial charge in [-0.15, -0.1) is 0 Å². The zero-order valence-electron chi connectivity index (χ0n) is 15.3. The molecule has 4 atom stereocenters. The minimum absolute atomic E-state index is 0.114. The second kappa shape index (κ2) is 10.1. The fourth-order valence-electron chi connectivity index (χ4n) is 3.76. The van der Waals surface area contributed by atoms with Gasteiger partial charge in [-0.3, -0.25) is 0 Å². The Labute approximate surface area is 137 Å². The lowest BCUT2D eigenvalue weighted by Gasteiger charge is -2.35. The van der Waals surface area contributed by atoms with Gasteiger partial charge in [-0.1, -0.05) is 53.4 Å². The van der Waals surface area contributed by atoms with E-state index in [1.54, 1.807) is 0 Å². The van der Waals surface area contributed by atoms with Gasteiger partial charge in [0.05, 0.1) is 0 Å². The predicted octanol–water partition coefficient (Wildman–Crippen LogP) is 3.62. The van der Waals surface area contributed by atoms with Crippen molar-refractivity contribution in [2.24, 2.45) is 11.8 Å². The number of urea groups is 1. The van der Waals surface area contributed by atoms with Crippen LogP contribution in [0.4, 0.5) is 4.79 Å². The predicted molar refractivity (Wildman–Crippen MR) is 94.1 cm³/mol. The summed E-state index contributed by atoms with van der Waals surface area (Å²) in [7, 11) is 0. The van der Waals surface area contributed by atoms with Gasteiger partial charge >= 0.3 is 6.03 Å². The van der Waals surface area contributed by atoms with Crippen molar-refractivity contribution in [1.29, 1.82) is 0 Å². The lowest BCUT2D eigenvalue weighted by molar-refractivity contribution is 0.174. The van der Waals surface area contributed by atoms with Crippen LogP contribution in [0.1, 0.15) is 66.7 Å². The van der Waals surface area contributed by atoms with Crippen LogP contribution in [0.3, 0.4) is 0 Å². The highest BCUT2D eigenvalue weighted by Crippen LogP contribution is 2.26. The van der Waals surface area contributed by atoms with Crippen molar-refractivity contribution in [1.82, 2.24) is 15.5 Å². The normalized spacial score (nSPS) is 22.5. The second-order valence-electron chi connectivity index (χ2n) is 6.82. The maximum absolute atomic E-state index is 12.0. The SMILES string of the molecule is CCCCC(CC)C(NCC)C(CC)CN1CC(C)NC1=O. The molecule has 4 unspecified atom stereocenters. The standard InChI is InChI=1S/C18H37N3O/c1-6-10-11-15(7-2)17(19-9-4)16(8-3)13-21-12-14(5)20-18(21)22/h14-17,19H,6-13H2,1-5H3,(H,20,22). The molecule has 1 saturated heterocycles. The molecule has 0 aromatic carbocycles. The number of amides is 2. The summed E-state index contributed by atoms with van der Waals surface area (Å²) in [6, 6.07) is 0.919. The van der Waals surface area contributed by atoms with Crippen molar-refractivity contribution in [3.05, 3.63) is 0 Å². The molecule has 2 N–H and O–H groups in total. The first-order valence-corrected chi connectivity index (χ1v) is 9.35. The summed E-state index contributed by atoms with van der Waals surface area (Å²) in [5, 5.41) is 6.75. The van der Waals surface area contributed by atoms with Crippen LogP contribution in [0.2, 0.25) is 0 Å². The Bertz CT molecular complexity index is 321. The van der Waals surface area contributed by atoms with E-state index in [2.05, 4.69) is 45.3 Å². The highest BCUT2D eigenvalue weighted by atomic mass is 16.2. The molecule has 0 aliphatic carbocycles. The first kappa shape index (κ1) is 19.3. The van der Waals surface area contributed by atoms with E-state index in [0.29, 0.717) is 17.9 Å². The van der Waals surface area contributed by atoms with E-state index in [9.17, 15) is 4.79 Å². The molecule has 0 bridgehead atoms. The molecule has 0 radical (unpaired) electrons. The van der Waals surface area contributed by atoms with Gasteiger partial charge in [-0.25, -0.2) is 4.79 Å². The van der Waals surface area contributed by atoms with Gasteiger partial charge in [-0.05, 0) is 31.7 Å². The number of nitrogens with zero attached hydrogens (tertiary/aromatic N) is 1. The number of hydrogen-bond donors (Lipinski definition) is 2. The minimum atomic E-state index is 0.114. The van der Waals surface area contributed by atoms with Gasteiger partial charge in [-0.2, -0.15) is 0 Å². The quantitative estimate of drug-likeness (QED) is 0.612. The fraction of sp³-hybridized carbons (Fsp3) is 0.944. The summed E-state index contributed by atoms with van der Waals surface area (Å²) in [4.78, 5) is 14.0. The highest BCUT2D eigenvalue weighted by molar-refractivity contribution is 5.76. The van der Waals surface area contributed by atoms with Gasteiger partial charge in [0.25, 0.3) is 0 Å². The Morgan fingerprint density at radius 2 is 1.91 bits per heavy atom. The fourth-order valence-corrected chi connectivity index (χ4v) is 3.76. The number of unbranched alkanes of at least 4 members (excludes halogenated alkanes) is 1. The topological polar surface area (TPSA) is 44.4 Å². The van der Waals surface area contributed by atoms with Gasteiger partial charge in [0.2, 0.25) is 0 Å². The summed E-state index contributed by atoms with van der Waals surface area (Å²) in [6.07, 6.45) is 6.20. The van der Waals surface area contributed by atoms with Crippen molar-refractivity contribution in [3.8, 4) is 0 Å². The zero-order chi connectivity index (χ0) is 16.5. The summed E-state index contributed by atoms with van der Waals surface area (Å²) in [5.41, 5.74) is 0. The molecule has 0 aromatic heterocycles. The Balaban J connectivity index is 2.73. The van der Waals surface area contributed by atoms with Crippen LogP contribution in [0, 0.1) is 11.8 Å². The van der Waals surface area contributed by atoms with Crippen LogP contribution in [0.5, 0.6) is 0 Å². The van der Waals surface area contributed by atoms with Crippen molar-refractivity contribution < 1.29 is 4.79 Å². The average molecular weight is 312 g/mol. The third-order valence-electron chi connectivity index (χ3n) is 5.04. The molecular formula is C18H37N3O. The second-order valence-corrected chi connectivity index (χ2v) is 6.82. The molecule has 1 rings (SSSR count). The van der Waals surface area contributed by atoms with Crippen molar-refractivity contribution in [2.75, 3.05) is 19.6 Å². The molecule has 22 heavy (non-hydrogen) atoms. The third kappa shape index (κ3) is 5.45. The maximum Gasteiger partial charge on any atom is 0.317 e. The molecule has 2 amide bonds. The number of hydrogen-bond acceptors (Lipinski definition) is 2. The van der Waals surface area contributed by atoms with Crippen LogP contribution in [0.15, 0.2) is 0 Å². The Morgan fingerprint density at radius 3 is 2.36 bits per heavy atom. The number of rotatable bonds is 11. The first-order valence-electron chi connectivity index (χ1n) is 9.35. The highest BCUT2D eigenvalue weighted by Gasteiger charge is 2.32. The number of carbonyl (C=O) groups excluding carboxylic acids is 1. The largest absolute Gasteiger partial charge is 0.334 e. The summed E-state index contributed by atoms with van der Waals surface area (Å²) < 4.78 is 0. The van der Waals surface area contributed by atoms with Crippen molar-refractivity contribution in [2.45, 2.75) is 78.8 Å². The van der Waals surface area contributed by atoms with E-state index in [-0.39, 0.29) is 12.1 Å². The minimum Gasteiger partial charge on any atom is -0.334 e. The molecule has 1 aliphatic heterocycles. The van der Waals surface area contributed by atoms with Gasteiger partial charge in [0.1, 0.15) is 0 Å². The van der Waals surface area contributed by atoms with Crippen LogP contribution in [-0.4, -0.2) is 42.6 Å². The van der Waals surface area contributed by atoms with E-state index in [1.807, 2.05) is 4.90 Å². The first-order chi connectivity index (χ1) is 10.6. The smallest absolute Gasteiger partial charge is 0.317 e. The van der Waals surface area contributed by atoms with Gasteiger partial charge < -0.3 is 15.5 Å². The van der Waals surface area contributed by atoms with Crippen LogP contribution in [0.25, 0.3) is 0 Å². The maximum atomic E-state index is 12.0. The van der Waals surface area contributed by atoms with Crippen LogP contribution >= 0.6 is 0 Å². The average Bonchev–Trinajstić information content (AvgIpc) is 2.82. The zero-order valence-corrected chi connectivity index (χ0v) is 15.3. The van der Waals surface area contributed by atoms with Gasteiger partial charge in [0.15, 0.2) is 0 Å². The molecule has 1 aliphatic rings. The van der Waals surface area contributed by atoms with E-state index in [1.165, 1.54) is 25.7 Å². The molecule has 4 nitrogen and oxygen atoms in total. The van der Waals surface area contributed by atoms with E-state index in [4.69, 9.17) is 0 Å². The summed E-state index contributed by atoms with van der Waals surface area (Å²) in [6.45, 7) is 13.8. The number of carbonyl (C=O) groups is 1. The lowest BCUT2D eigenvalue weighted by Crippen LogP contribution is -2.47. The van der Waals surface area contributed by atoms with E-state index < -0.39 is 0 Å². The molecule has 0 aromatic rings. The van der Waals surface area contributed by atoms with Crippen molar-refractivity contribution >= 4 is 6.03 Å². The van der Waals surface area contributed by atoms with Crippen molar-refractivity contribution in [3.63, 3.8) is 0 Å². The molecule has 4 heteroatoms. The van der Waals surface area contributed by atoms with Crippen LogP contribution in [-0.2, 0) is 0 Å². The van der Waals surface area contributed by atoms with Gasteiger partial charge in [0, 0.05) is 25.2 Å². The molecule has 1 fully saturated rings. The van der Waals surface area contributed by atoms with E-state index in [0.717, 1.165) is 26.1 Å². The Morgan fingerprint density at radius 1 is 1.23 bits per heavy atom. The monoisotopic (exact) mass is 311 g/mol. The molecule has 130 valence electrons. The number of nitrogens with one attached hydrogen (secondary N) is 2. The summed E-state index contributed by atoms with van der Waals surface area (Å²) >= 11 is 0. The molecule has 1 heterocycles. The summed E-state index contributed by atoms with van der Waals surface area (Å²) in [5.74, 6) is 1.26. The van der Waals surface area contributed by atoms with Crippen LogP contribution < -0.4 is 10.6 Å². The Hall–Kier alpha value is -0.770. The van der Waals surface area contributed by atoms with E-state index >= 15 is 0 Å². The molecule has 0 saturated carbocycles. The molecular weight excluding hydrogens is 274 g/mol. The lowest BCUT2D eigenvalue weighted by atomic mass is 9.81. The third-order valence-corrected chi connectivity index (χ3v) is 5.04.